The first kappa shape index (κ1) is 17.6. The van der Waals surface area contributed by atoms with Crippen molar-refractivity contribution in [3.05, 3.63) is 41.0 Å². The fourth-order valence-corrected chi connectivity index (χ4v) is 3.82. The molecule has 2 aliphatic heterocycles. The molecule has 1 aromatic carbocycles. The van der Waals surface area contributed by atoms with Crippen LogP contribution in [0.4, 0.5) is 0 Å². The number of ether oxygens (including phenoxy) is 1. The Morgan fingerprint density at radius 3 is 2.46 bits per heavy atom. The van der Waals surface area contributed by atoms with Crippen molar-refractivity contribution in [1.29, 1.82) is 0 Å². The lowest BCUT2D eigenvalue weighted by atomic mass is 9.98. The summed E-state index contributed by atoms with van der Waals surface area (Å²) < 4.78 is 5.33. The lowest BCUT2D eigenvalue weighted by Crippen LogP contribution is -2.47. The predicted molar refractivity (Wildman–Crippen MR) is 94.3 cm³/mol. The third-order valence-electron chi connectivity index (χ3n) is 3.96. The van der Waals surface area contributed by atoms with Gasteiger partial charge in [-0.1, -0.05) is 43.6 Å². The van der Waals surface area contributed by atoms with Crippen molar-refractivity contribution in [2.24, 2.45) is 5.92 Å². The molecule has 1 aromatic rings. The largest absolute Gasteiger partial charge is 0.462 e. The molecule has 1 amide bonds. The molecule has 0 N–H and O–H groups in total. The quantitative estimate of drug-likeness (QED) is 0.449. The van der Waals surface area contributed by atoms with E-state index in [1.165, 1.54) is 4.90 Å². The normalized spacial score (nSPS) is 25.8. The second-order valence-corrected chi connectivity index (χ2v) is 7.62. The molecule has 0 aromatic heterocycles. The smallest absolute Gasteiger partial charge is 0.337 e. The van der Waals surface area contributed by atoms with Gasteiger partial charge in [0, 0.05) is 11.1 Å². The van der Waals surface area contributed by atoms with E-state index < -0.39 is 22.2 Å². The standard InChI is InChI=1S/C17H16Cl3NO3/c1-8(2)7-24-17(23)11-12(18)13(19)15(20)21-14(11)9-5-3-4-6-10(9)16(21)22/h3-6,8,12-13,15H,7H2,1-2H3/t12-,13+,15+/m0/s1. The number of alkyl halides is 3. The van der Waals surface area contributed by atoms with Gasteiger partial charge < -0.3 is 4.74 Å². The highest BCUT2D eigenvalue weighted by molar-refractivity contribution is 6.39. The van der Waals surface area contributed by atoms with Gasteiger partial charge in [-0.2, -0.15) is 0 Å². The maximum absolute atomic E-state index is 12.7. The predicted octanol–water partition coefficient (Wildman–Crippen LogP) is 3.85. The summed E-state index contributed by atoms with van der Waals surface area (Å²) in [4.78, 5) is 26.6. The first-order chi connectivity index (χ1) is 11.3. The van der Waals surface area contributed by atoms with E-state index in [4.69, 9.17) is 39.5 Å². The minimum Gasteiger partial charge on any atom is -0.462 e. The number of rotatable bonds is 3. The van der Waals surface area contributed by atoms with Crippen molar-refractivity contribution in [3.8, 4) is 0 Å². The van der Waals surface area contributed by atoms with Crippen molar-refractivity contribution in [1.82, 2.24) is 4.90 Å². The highest BCUT2D eigenvalue weighted by Gasteiger charge is 2.50. The fraction of sp³-hybridized carbons (Fsp3) is 0.412. The van der Waals surface area contributed by atoms with E-state index in [0.717, 1.165) is 0 Å². The summed E-state index contributed by atoms with van der Waals surface area (Å²) in [5.74, 6) is -0.676. The molecular weight excluding hydrogens is 373 g/mol. The van der Waals surface area contributed by atoms with Gasteiger partial charge in [-0.05, 0) is 12.0 Å². The molecule has 2 heterocycles. The topological polar surface area (TPSA) is 46.6 Å². The number of benzene rings is 1. The maximum Gasteiger partial charge on any atom is 0.337 e. The third kappa shape index (κ3) is 2.71. The Kier molecular flexibility index (Phi) is 4.82. The second kappa shape index (κ2) is 6.58. The number of hydrogen-bond donors (Lipinski definition) is 0. The Bertz CT molecular complexity index is 732. The van der Waals surface area contributed by atoms with Gasteiger partial charge in [0.1, 0.15) is 5.50 Å². The lowest BCUT2D eigenvalue weighted by Gasteiger charge is -2.36. The van der Waals surface area contributed by atoms with Gasteiger partial charge in [0.25, 0.3) is 5.91 Å². The molecule has 0 spiro atoms. The molecule has 0 unspecified atom stereocenters. The van der Waals surface area contributed by atoms with E-state index in [-0.39, 0.29) is 24.0 Å². The van der Waals surface area contributed by atoms with Crippen molar-refractivity contribution in [2.45, 2.75) is 30.1 Å². The van der Waals surface area contributed by atoms with Crippen LogP contribution in [-0.4, -0.2) is 39.6 Å². The zero-order valence-corrected chi connectivity index (χ0v) is 15.4. The van der Waals surface area contributed by atoms with Gasteiger partial charge in [0.15, 0.2) is 0 Å². The lowest BCUT2D eigenvalue weighted by molar-refractivity contribution is -0.140. The van der Waals surface area contributed by atoms with Crippen LogP contribution in [0.3, 0.4) is 0 Å². The first-order valence-electron chi connectivity index (χ1n) is 7.61. The molecule has 2 aliphatic rings. The van der Waals surface area contributed by atoms with Crippen LogP contribution in [0.5, 0.6) is 0 Å². The van der Waals surface area contributed by atoms with Gasteiger partial charge in [0.2, 0.25) is 0 Å². The highest BCUT2D eigenvalue weighted by Crippen LogP contribution is 2.46. The van der Waals surface area contributed by atoms with Crippen LogP contribution in [-0.2, 0) is 9.53 Å². The molecule has 4 nitrogen and oxygen atoms in total. The number of fused-ring (bicyclic) bond motifs is 3. The number of amides is 1. The summed E-state index contributed by atoms with van der Waals surface area (Å²) >= 11 is 19.0. The van der Waals surface area contributed by atoms with Crippen LogP contribution in [0.1, 0.15) is 29.8 Å². The minimum absolute atomic E-state index is 0.179. The molecule has 3 atom stereocenters. The number of nitrogens with zero attached hydrogens (tertiary/aromatic N) is 1. The molecular formula is C17H16Cl3NO3. The van der Waals surface area contributed by atoms with E-state index in [0.29, 0.717) is 16.8 Å². The summed E-state index contributed by atoms with van der Waals surface area (Å²) in [7, 11) is 0. The SMILES string of the molecule is CC(C)COC(=O)C1=C2c3ccccc3C(=O)N2[C@@H](Cl)[C@H](Cl)[C@H]1Cl. The molecule has 0 fully saturated rings. The second-order valence-electron chi connectivity index (χ2n) is 6.19. The molecule has 0 aliphatic carbocycles. The van der Waals surface area contributed by atoms with Crippen LogP contribution in [0.25, 0.3) is 5.70 Å². The zero-order chi connectivity index (χ0) is 17.6. The molecule has 3 rings (SSSR count). The van der Waals surface area contributed by atoms with Gasteiger partial charge in [0.05, 0.1) is 28.6 Å². The highest BCUT2D eigenvalue weighted by atomic mass is 35.5. The van der Waals surface area contributed by atoms with Gasteiger partial charge in [-0.3, -0.25) is 9.69 Å². The Balaban J connectivity index is 2.15. The van der Waals surface area contributed by atoms with Gasteiger partial charge in [-0.25, -0.2) is 4.79 Å². The molecule has 7 heteroatoms. The first-order valence-corrected chi connectivity index (χ1v) is 8.92. The van der Waals surface area contributed by atoms with Gasteiger partial charge >= 0.3 is 5.97 Å². The summed E-state index contributed by atoms with van der Waals surface area (Å²) in [6.07, 6.45) is 0. The number of carbonyl (C=O) groups is 2. The Hall–Kier alpha value is -1.23. The number of esters is 1. The van der Waals surface area contributed by atoms with Crippen LogP contribution in [0.15, 0.2) is 29.8 Å². The fourth-order valence-electron chi connectivity index (χ4n) is 2.85. The van der Waals surface area contributed by atoms with Crippen molar-refractivity contribution in [2.75, 3.05) is 6.61 Å². The number of halogens is 3. The summed E-state index contributed by atoms with van der Waals surface area (Å²) in [6.45, 7) is 4.13. The molecule has 0 saturated heterocycles. The van der Waals surface area contributed by atoms with E-state index in [9.17, 15) is 9.59 Å². The van der Waals surface area contributed by atoms with E-state index in [1.807, 2.05) is 13.8 Å². The van der Waals surface area contributed by atoms with Crippen LogP contribution in [0, 0.1) is 5.92 Å². The van der Waals surface area contributed by atoms with E-state index in [2.05, 4.69) is 0 Å². The van der Waals surface area contributed by atoms with Crippen molar-refractivity contribution < 1.29 is 14.3 Å². The number of carbonyl (C=O) groups excluding carboxylic acids is 2. The third-order valence-corrected chi connectivity index (χ3v) is 5.66. The summed E-state index contributed by atoms with van der Waals surface area (Å²) in [6, 6.07) is 7.00. The van der Waals surface area contributed by atoms with Gasteiger partial charge in [-0.15, -0.1) is 23.2 Å². The molecule has 0 saturated carbocycles. The van der Waals surface area contributed by atoms with Crippen LogP contribution >= 0.6 is 34.8 Å². The van der Waals surface area contributed by atoms with E-state index in [1.54, 1.807) is 24.3 Å². The number of hydrogen-bond acceptors (Lipinski definition) is 3. The minimum atomic E-state index is -0.848. The zero-order valence-electron chi connectivity index (χ0n) is 13.1. The molecule has 128 valence electrons. The molecule has 24 heavy (non-hydrogen) atoms. The molecule has 0 bridgehead atoms. The Morgan fingerprint density at radius 1 is 1.21 bits per heavy atom. The average Bonchev–Trinajstić information content (AvgIpc) is 2.84. The Labute approximate surface area is 155 Å². The summed E-state index contributed by atoms with van der Waals surface area (Å²) in [5, 5.41) is -1.66. The average molecular weight is 389 g/mol. The molecule has 0 radical (unpaired) electrons. The van der Waals surface area contributed by atoms with Crippen molar-refractivity contribution >= 4 is 52.4 Å². The Morgan fingerprint density at radius 2 is 1.83 bits per heavy atom. The summed E-state index contributed by atoms with van der Waals surface area (Å²) in [5.41, 5.74) is 0.847. The monoisotopic (exact) mass is 387 g/mol. The van der Waals surface area contributed by atoms with E-state index >= 15 is 0 Å². The van der Waals surface area contributed by atoms with Crippen LogP contribution < -0.4 is 0 Å². The van der Waals surface area contributed by atoms with Crippen LogP contribution in [0.2, 0.25) is 0 Å². The maximum atomic E-state index is 12.7. The van der Waals surface area contributed by atoms with Crippen molar-refractivity contribution in [3.63, 3.8) is 0 Å².